The normalized spacial score (nSPS) is 12.8. The number of hydrogen-bond acceptors (Lipinski definition) is 4. The molecule has 0 bridgehead atoms. The van der Waals surface area contributed by atoms with Gasteiger partial charge in [0, 0.05) is 18.3 Å². The van der Waals surface area contributed by atoms with Crippen LogP contribution in [0.4, 0.5) is 5.82 Å². The fraction of sp³-hybridized carbons (Fsp3) is 0.667. The van der Waals surface area contributed by atoms with E-state index in [4.69, 9.17) is 0 Å². The molecule has 0 saturated carbocycles. The van der Waals surface area contributed by atoms with E-state index >= 15 is 0 Å². The molecular weight excluding hydrogens is 202 g/mol. The molecule has 2 N–H and O–H groups in total. The third-order valence-electron chi connectivity index (χ3n) is 2.53. The summed E-state index contributed by atoms with van der Waals surface area (Å²) in [6.45, 7) is 6.93. The maximum atomic E-state index is 9.41. The van der Waals surface area contributed by atoms with Gasteiger partial charge in [0.1, 0.15) is 12.1 Å². The summed E-state index contributed by atoms with van der Waals surface area (Å²) >= 11 is 0. The summed E-state index contributed by atoms with van der Waals surface area (Å²) in [5, 5.41) is 12.6. The molecule has 0 saturated heterocycles. The zero-order valence-corrected chi connectivity index (χ0v) is 10.3. The van der Waals surface area contributed by atoms with Crippen LogP contribution in [0.25, 0.3) is 0 Å². The summed E-state index contributed by atoms with van der Waals surface area (Å²) in [6.07, 6.45) is 2.90. The highest BCUT2D eigenvalue weighted by Crippen LogP contribution is 2.13. The van der Waals surface area contributed by atoms with E-state index in [1.54, 1.807) is 6.33 Å². The Morgan fingerprint density at radius 2 is 2.12 bits per heavy atom. The first-order chi connectivity index (χ1) is 7.63. The Kier molecular flexibility index (Phi) is 5.19. The topological polar surface area (TPSA) is 58.0 Å². The van der Waals surface area contributed by atoms with Gasteiger partial charge in [-0.05, 0) is 18.8 Å². The highest BCUT2D eigenvalue weighted by molar-refractivity contribution is 5.35. The van der Waals surface area contributed by atoms with Crippen molar-refractivity contribution in [2.45, 2.75) is 45.6 Å². The maximum absolute atomic E-state index is 9.41. The monoisotopic (exact) mass is 223 g/mol. The standard InChI is InChI=1S/C12H21N3O/c1-4-10(16)5-6-13-12-7-11(9(2)3)14-8-15-12/h7-10,16H,4-6H2,1-3H3,(H,13,14,15). The van der Waals surface area contributed by atoms with Crippen molar-refractivity contribution in [3.63, 3.8) is 0 Å². The number of hydrogen-bond donors (Lipinski definition) is 2. The minimum absolute atomic E-state index is 0.223. The van der Waals surface area contributed by atoms with Crippen LogP contribution in [0.1, 0.15) is 45.2 Å². The van der Waals surface area contributed by atoms with Crippen LogP contribution in [0.5, 0.6) is 0 Å². The number of aromatic nitrogens is 2. The van der Waals surface area contributed by atoms with Crippen molar-refractivity contribution in [3.8, 4) is 0 Å². The summed E-state index contributed by atoms with van der Waals surface area (Å²) in [7, 11) is 0. The molecular formula is C12H21N3O. The lowest BCUT2D eigenvalue weighted by Gasteiger charge is -2.10. The second kappa shape index (κ2) is 6.43. The van der Waals surface area contributed by atoms with Crippen molar-refractivity contribution >= 4 is 5.82 Å². The largest absolute Gasteiger partial charge is 0.393 e. The van der Waals surface area contributed by atoms with Crippen molar-refractivity contribution < 1.29 is 5.11 Å². The van der Waals surface area contributed by atoms with Crippen molar-refractivity contribution in [2.75, 3.05) is 11.9 Å². The number of anilines is 1. The van der Waals surface area contributed by atoms with Gasteiger partial charge < -0.3 is 10.4 Å². The number of nitrogens with zero attached hydrogens (tertiary/aromatic N) is 2. The van der Waals surface area contributed by atoms with Crippen LogP contribution in [0.2, 0.25) is 0 Å². The minimum Gasteiger partial charge on any atom is -0.393 e. The van der Waals surface area contributed by atoms with Gasteiger partial charge >= 0.3 is 0 Å². The molecule has 0 amide bonds. The van der Waals surface area contributed by atoms with Gasteiger partial charge in [-0.15, -0.1) is 0 Å². The highest BCUT2D eigenvalue weighted by Gasteiger charge is 2.03. The molecule has 0 fully saturated rings. The number of nitrogens with one attached hydrogen (secondary N) is 1. The van der Waals surface area contributed by atoms with Gasteiger partial charge in [0.05, 0.1) is 6.10 Å². The van der Waals surface area contributed by atoms with Gasteiger partial charge in [0.2, 0.25) is 0 Å². The molecule has 0 aliphatic carbocycles. The first kappa shape index (κ1) is 12.9. The Bertz CT molecular complexity index is 315. The van der Waals surface area contributed by atoms with Gasteiger partial charge in [-0.1, -0.05) is 20.8 Å². The second-order valence-corrected chi connectivity index (χ2v) is 4.26. The lowest BCUT2D eigenvalue weighted by Crippen LogP contribution is -2.13. The Morgan fingerprint density at radius 3 is 2.75 bits per heavy atom. The Hall–Kier alpha value is -1.16. The van der Waals surface area contributed by atoms with Crippen molar-refractivity contribution in [1.29, 1.82) is 0 Å². The molecule has 4 nitrogen and oxygen atoms in total. The zero-order chi connectivity index (χ0) is 12.0. The smallest absolute Gasteiger partial charge is 0.129 e. The molecule has 1 heterocycles. The molecule has 16 heavy (non-hydrogen) atoms. The first-order valence-corrected chi connectivity index (χ1v) is 5.87. The van der Waals surface area contributed by atoms with E-state index in [0.29, 0.717) is 5.92 Å². The predicted octanol–water partition coefficient (Wildman–Crippen LogP) is 2.17. The lowest BCUT2D eigenvalue weighted by atomic mass is 10.1. The van der Waals surface area contributed by atoms with Gasteiger partial charge in [0.25, 0.3) is 0 Å². The van der Waals surface area contributed by atoms with Crippen LogP contribution in [0.3, 0.4) is 0 Å². The second-order valence-electron chi connectivity index (χ2n) is 4.26. The number of rotatable bonds is 6. The first-order valence-electron chi connectivity index (χ1n) is 5.87. The maximum Gasteiger partial charge on any atom is 0.129 e. The Labute approximate surface area is 97.1 Å². The molecule has 1 aromatic rings. The molecule has 0 spiro atoms. The minimum atomic E-state index is -0.223. The SMILES string of the molecule is CCC(O)CCNc1cc(C(C)C)ncn1. The van der Waals surface area contributed by atoms with Crippen LogP contribution in [0, 0.1) is 0 Å². The van der Waals surface area contributed by atoms with E-state index in [0.717, 1.165) is 30.9 Å². The molecule has 0 radical (unpaired) electrons. The third kappa shape index (κ3) is 4.14. The number of aliphatic hydroxyl groups is 1. The summed E-state index contributed by atoms with van der Waals surface area (Å²) in [4.78, 5) is 8.34. The molecule has 0 aliphatic rings. The molecule has 90 valence electrons. The molecule has 1 aromatic heterocycles. The molecule has 1 rings (SSSR count). The zero-order valence-electron chi connectivity index (χ0n) is 10.3. The average molecular weight is 223 g/mol. The molecule has 0 aliphatic heterocycles. The van der Waals surface area contributed by atoms with Gasteiger partial charge in [-0.2, -0.15) is 0 Å². The fourth-order valence-electron chi connectivity index (χ4n) is 1.36. The Balaban J connectivity index is 2.45. The molecule has 4 heteroatoms. The average Bonchev–Trinajstić information content (AvgIpc) is 2.29. The van der Waals surface area contributed by atoms with Crippen molar-refractivity contribution in [2.24, 2.45) is 0 Å². The van der Waals surface area contributed by atoms with E-state index in [9.17, 15) is 5.11 Å². The van der Waals surface area contributed by atoms with Gasteiger partial charge in [0.15, 0.2) is 0 Å². The van der Waals surface area contributed by atoms with Crippen LogP contribution in [-0.4, -0.2) is 27.7 Å². The highest BCUT2D eigenvalue weighted by atomic mass is 16.3. The van der Waals surface area contributed by atoms with Crippen molar-refractivity contribution in [3.05, 3.63) is 18.1 Å². The predicted molar refractivity (Wildman–Crippen MR) is 65.5 cm³/mol. The van der Waals surface area contributed by atoms with E-state index < -0.39 is 0 Å². The van der Waals surface area contributed by atoms with E-state index in [2.05, 4.69) is 29.1 Å². The van der Waals surface area contributed by atoms with E-state index in [-0.39, 0.29) is 6.10 Å². The van der Waals surface area contributed by atoms with E-state index in [1.807, 2.05) is 13.0 Å². The van der Waals surface area contributed by atoms with Crippen LogP contribution >= 0.6 is 0 Å². The summed E-state index contributed by atoms with van der Waals surface area (Å²) < 4.78 is 0. The van der Waals surface area contributed by atoms with Crippen LogP contribution in [0.15, 0.2) is 12.4 Å². The molecule has 0 aromatic carbocycles. The Morgan fingerprint density at radius 1 is 1.38 bits per heavy atom. The fourth-order valence-corrected chi connectivity index (χ4v) is 1.36. The van der Waals surface area contributed by atoms with Crippen molar-refractivity contribution in [1.82, 2.24) is 9.97 Å². The summed E-state index contributed by atoms with van der Waals surface area (Å²) in [6, 6.07) is 1.96. The third-order valence-corrected chi connectivity index (χ3v) is 2.53. The van der Waals surface area contributed by atoms with Gasteiger partial charge in [-0.3, -0.25) is 0 Å². The lowest BCUT2D eigenvalue weighted by molar-refractivity contribution is 0.164. The number of aliphatic hydroxyl groups excluding tert-OH is 1. The van der Waals surface area contributed by atoms with Crippen LogP contribution in [-0.2, 0) is 0 Å². The molecule has 1 unspecified atom stereocenters. The van der Waals surface area contributed by atoms with Gasteiger partial charge in [-0.25, -0.2) is 9.97 Å². The summed E-state index contributed by atoms with van der Waals surface area (Å²) in [5.74, 6) is 1.24. The molecule has 1 atom stereocenters. The summed E-state index contributed by atoms with van der Waals surface area (Å²) in [5.41, 5.74) is 1.04. The van der Waals surface area contributed by atoms with E-state index in [1.165, 1.54) is 0 Å². The quantitative estimate of drug-likeness (QED) is 0.776. The van der Waals surface area contributed by atoms with Crippen LogP contribution < -0.4 is 5.32 Å².